The summed E-state index contributed by atoms with van der Waals surface area (Å²) in [5, 5.41) is 37.8. The van der Waals surface area contributed by atoms with Crippen LogP contribution in [0, 0.1) is 23.0 Å². The molecule has 46 heavy (non-hydrogen) atoms. The van der Waals surface area contributed by atoms with E-state index in [1.807, 2.05) is 13.8 Å². The number of halogens is 2. The number of benzene rings is 1. The van der Waals surface area contributed by atoms with Gasteiger partial charge in [-0.2, -0.15) is 5.26 Å². The standard InChI is InChI=1S/C31H41F2N5O7S/c1-4-7-24(8-5-2)46(44,45)18-27(38-30(42)21-9-6-12-35-17-21)31(43)37-26(15-20-13-22(32)16-23(33)14-20)29(41)28(40)25(10-11-34)36-19(3)39/h6,9,12-14,16-17,24-29,40-41H,4-5,7-8,10,15,18H2,1-3H3,(H,36,39)(H,37,43)(H,38,42). The van der Waals surface area contributed by atoms with Crippen LogP contribution in [-0.2, 0) is 25.8 Å². The minimum absolute atomic E-state index is 0.0354. The van der Waals surface area contributed by atoms with Crippen LogP contribution in [0.15, 0.2) is 42.7 Å². The van der Waals surface area contributed by atoms with Crippen molar-refractivity contribution in [2.75, 3.05) is 5.75 Å². The molecule has 0 bridgehead atoms. The molecule has 2 aromatic rings. The number of nitriles is 1. The van der Waals surface area contributed by atoms with Gasteiger partial charge in [-0.25, -0.2) is 17.2 Å². The molecule has 252 valence electrons. The number of amides is 3. The van der Waals surface area contributed by atoms with Crippen LogP contribution >= 0.6 is 0 Å². The fourth-order valence-corrected chi connectivity index (χ4v) is 7.21. The van der Waals surface area contributed by atoms with Crippen LogP contribution in [0.2, 0.25) is 0 Å². The number of pyridine rings is 1. The summed E-state index contributed by atoms with van der Waals surface area (Å²) >= 11 is 0. The first-order valence-corrected chi connectivity index (χ1v) is 16.6. The van der Waals surface area contributed by atoms with Crippen LogP contribution in [0.3, 0.4) is 0 Å². The number of aromatic nitrogens is 1. The third kappa shape index (κ3) is 11.7. The van der Waals surface area contributed by atoms with E-state index < -0.39 is 93.4 Å². The first kappa shape index (κ1) is 38.2. The summed E-state index contributed by atoms with van der Waals surface area (Å²) in [6.45, 7) is 4.76. The predicted molar refractivity (Wildman–Crippen MR) is 165 cm³/mol. The third-order valence-corrected chi connectivity index (χ3v) is 9.54. The highest BCUT2D eigenvalue weighted by Crippen LogP contribution is 2.19. The van der Waals surface area contributed by atoms with Crippen molar-refractivity contribution in [2.45, 2.75) is 94.9 Å². The molecular weight excluding hydrogens is 624 g/mol. The number of rotatable bonds is 18. The van der Waals surface area contributed by atoms with E-state index in [1.54, 1.807) is 6.07 Å². The molecule has 5 unspecified atom stereocenters. The highest BCUT2D eigenvalue weighted by atomic mass is 32.2. The van der Waals surface area contributed by atoms with Gasteiger partial charge in [0.2, 0.25) is 11.8 Å². The Hall–Kier alpha value is -4.00. The molecule has 2 rings (SSSR count). The average molecular weight is 666 g/mol. The van der Waals surface area contributed by atoms with Crippen molar-refractivity contribution >= 4 is 27.6 Å². The summed E-state index contributed by atoms with van der Waals surface area (Å²) < 4.78 is 55.1. The number of carbonyl (C=O) groups excluding carboxylic acids is 3. The fourth-order valence-electron chi connectivity index (χ4n) is 5.05. The molecular formula is C31H41F2N5O7S. The first-order chi connectivity index (χ1) is 21.7. The zero-order valence-electron chi connectivity index (χ0n) is 25.9. The highest BCUT2D eigenvalue weighted by molar-refractivity contribution is 7.92. The van der Waals surface area contributed by atoms with Gasteiger partial charge in [0.15, 0.2) is 9.84 Å². The molecule has 0 spiro atoms. The van der Waals surface area contributed by atoms with Gasteiger partial charge in [0.1, 0.15) is 29.9 Å². The van der Waals surface area contributed by atoms with Crippen molar-refractivity contribution in [1.82, 2.24) is 20.9 Å². The van der Waals surface area contributed by atoms with E-state index in [0.717, 1.165) is 19.1 Å². The molecule has 3 amide bonds. The molecule has 1 aromatic heterocycles. The smallest absolute Gasteiger partial charge is 0.253 e. The minimum Gasteiger partial charge on any atom is -0.388 e. The van der Waals surface area contributed by atoms with E-state index in [-0.39, 0.29) is 11.1 Å². The van der Waals surface area contributed by atoms with E-state index in [9.17, 15) is 47.1 Å². The summed E-state index contributed by atoms with van der Waals surface area (Å²) in [5.41, 5.74) is -0.00630. The number of aliphatic hydroxyl groups excluding tert-OH is 2. The topological polar surface area (TPSA) is 199 Å². The van der Waals surface area contributed by atoms with Crippen LogP contribution in [0.1, 0.15) is 68.8 Å². The van der Waals surface area contributed by atoms with E-state index in [0.29, 0.717) is 31.7 Å². The summed E-state index contributed by atoms with van der Waals surface area (Å²) in [6, 6.07) is 2.60. The van der Waals surface area contributed by atoms with Crippen molar-refractivity contribution in [1.29, 1.82) is 5.26 Å². The summed E-state index contributed by atoms with van der Waals surface area (Å²) in [5.74, 6) is -5.23. The Morgan fingerprint density at radius 1 is 0.978 bits per heavy atom. The molecule has 1 aromatic carbocycles. The van der Waals surface area contributed by atoms with Crippen molar-refractivity contribution in [3.8, 4) is 6.07 Å². The van der Waals surface area contributed by atoms with Gasteiger partial charge >= 0.3 is 0 Å². The van der Waals surface area contributed by atoms with Crippen LogP contribution in [0.4, 0.5) is 8.78 Å². The van der Waals surface area contributed by atoms with Crippen LogP contribution in [0.5, 0.6) is 0 Å². The number of hydrogen-bond donors (Lipinski definition) is 5. The molecule has 5 atom stereocenters. The number of nitrogens with one attached hydrogen (secondary N) is 3. The zero-order chi connectivity index (χ0) is 34.4. The van der Waals surface area contributed by atoms with Crippen molar-refractivity contribution < 1.29 is 41.8 Å². The highest BCUT2D eigenvalue weighted by Gasteiger charge is 2.37. The van der Waals surface area contributed by atoms with Crippen molar-refractivity contribution in [2.24, 2.45) is 0 Å². The molecule has 1 heterocycles. The maximum absolute atomic E-state index is 14.1. The Bertz CT molecular complexity index is 1450. The van der Waals surface area contributed by atoms with Crippen LogP contribution in [0.25, 0.3) is 0 Å². The zero-order valence-corrected chi connectivity index (χ0v) is 26.8. The van der Waals surface area contributed by atoms with E-state index in [1.165, 1.54) is 24.5 Å². The molecule has 5 N–H and O–H groups in total. The SMILES string of the molecule is CCCC(CCC)S(=O)(=O)CC(NC(=O)c1cccnc1)C(=O)NC(Cc1cc(F)cc(F)c1)C(O)C(O)C(CC#N)NC(C)=O. The lowest BCUT2D eigenvalue weighted by Gasteiger charge is -2.33. The predicted octanol–water partition coefficient (Wildman–Crippen LogP) is 1.71. The Labute approximate surface area is 267 Å². The second-order valence-corrected chi connectivity index (χ2v) is 13.4. The Morgan fingerprint density at radius 3 is 2.11 bits per heavy atom. The van der Waals surface area contributed by atoms with Gasteiger partial charge in [-0.3, -0.25) is 19.4 Å². The maximum atomic E-state index is 14.1. The van der Waals surface area contributed by atoms with Gasteiger partial charge in [0.05, 0.1) is 41.1 Å². The lowest BCUT2D eigenvalue weighted by atomic mass is 9.92. The van der Waals surface area contributed by atoms with Gasteiger partial charge in [-0.05, 0) is 49.1 Å². The Kier molecular flexibility index (Phi) is 15.1. The molecule has 0 aliphatic carbocycles. The molecule has 0 aliphatic rings. The van der Waals surface area contributed by atoms with Crippen LogP contribution in [-0.4, -0.2) is 82.7 Å². The monoisotopic (exact) mass is 665 g/mol. The van der Waals surface area contributed by atoms with Gasteiger partial charge in [0.25, 0.3) is 5.91 Å². The number of hydrogen-bond acceptors (Lipinski definition) is 9. The van der Waals surface area contributed by atoms with Crippen molar-refractivity contribution in [3.05, 3.63) is 65.5 Å². The second kappa shape index (κ2) is 18.2. The number of aliphatic hydroxyl groups is 2. The molecule has 0 saturated carbocycles. The van der Waals surface area contributed by atoms with E-state index >= 15 is 0 Å². The summed E-state index contributed by atoms with van der Waals surface area (Å²) in [4.78, 5) is 42.4. The lowest BCUT2D eigenvalue weighted by molar-refractivity contribution is -0.126. The second-order valence-electron chi connectivity index (χ2n) is 11.0. The number of nitrogens with zero attached hydrogens (tertiary/aromatic N) is 2. The van der Waals surface area contributed by atoms with Gasteiger partial charge in [-0.15, -0.1) is 0 Å². The fraction of sp³-hybridized carbons (Fsp3) is 0.516. The van der Waals surface area contributed by atoms with Gasteiger partial charge in [-0.1, -0.05) is 26.7 Å². The van der Waals surface area contributed by atoms with Crippen molar-refractivity contribution in [3.63, 3.8) is 0 Å². The number of carbonyl (C=O) groups is 3. The largest absolute Gasteiger partial charge is 0.388 e. The first-order valence-electron chi connectivity index (χ1n) is 14.9. The molecule has 12 nitrogen and oxygen atoms in total. The van der Waals surface area contributed by atoms with Crippen LogP contribution < -0.4 is 16.0 Å². The van der Waals surface area contributed by atoms with Gasteiger partial charge < -0.3 is 26.2 Å². The quantitative estimate of drug-likeness (QED) is 0.157. The number of sulfone groups is 1. The normalized spacial score (nSPS) is 14.8. The molecule has 0 aliphatic heterocycles. The Morgan fingerprint density at radius 2 is 1.59 bits per heavy atom. The molecule has 15 heteroatoms. The molecule has 0 fully saturated rings. The van der Waals surface area contributed by atoms with E-state index in [2.05, 4.69) is 20.9 Å². The minimum atomic E-state index is -3.98. The average Bonchev–Trinajstić information content (AvgIpc) is 2.99. The Balaban J connectivity index is 2.52. The third-order valence-electron chi connectivity index (χ3n) is 7.25. The molecule has 0 saturated heterocycles. The summed E-state index contributed by atoms with van der Waals surface area (Å²) in [6.07, 6.45) is -0.334. The maximum Gasteiger partial charge on any atom is 0.253 e. The van der Waals surface area contributed by atoms with E-state index in [4.69, 9.17) is 0 Å². The summed E-state index contributed by atoms with van der Waals surface area (Å²) in [7, 11) is -3.98. The molecule has 0 radical (unpaired) electrons. The lowest BCUT2D eigenvalue weighted by Crippen LogP contribution is -2.60. The van der Waals surface area contributed by atoms with Gasteiger partial charge in [0, 0.05) is 25.4 Å².